The normalized spacial score (nSPS) is 12.9. The number of carbonyl (C=O) groups is 3. The van der Waals surface area contributed by atoms with Crippen LogP contribution in [0, 0.1) is 5.92 Å². The van der Waals surface area contributed by atoms with Crippen molar-refractivity contribution >= 4 is 23.3 Å². The minimum Gasteiger partial charge on any atom is -0.344 e. The Morgan fingerprint density at radius 3 is 2.19 bits per heavy atom. The van der Waals surface area contributed by atoms with Gasteiger partial charge >= 0.3 is 18.3 Å². The Labute approximate surface area is 177 Å². The number of nitrogens with zero attached hydrogens (tertiary/aromatic N) is 3. The van der Waals surface area contributed by atoms with Crippen molar-refractivity contribution in [1.82, 2.24) is 14.9 Å². The number of anilines is 1. The first-order chi connectivity index (χ1) is 14.5. The number of hydrogen-bond donors (Lipinski definition) is 1. The fraction of sp³-hybridized carbons (Fsp3) is 0.500. The number of ketones is 1. The molecule has 1 rings (SSSR count). The van der Waals surface area contributed by atoms with Crippen LogP contribution in [0.2, 0.25) is 0 Å². The van der Waals surface area contributed by atoms with Crippen LogP contribution in [0.5, 0.6) is 0 Å². The van der Waals surface area contributed by atoms with E-state index in [0.717, 1.165) is 0 Å². The molecular formula is C18H20F6N4O4. The van der Waals surface area contributed by atoms with Gasteiger partial charge in [0.2, 0.25) is 5.91 Å². The van der Waals surface area contributed by atoms with E-state index in [-0.39, 0.29) is 17.1 Å². The molecule has 1 atom stereocenters. The standard InChI is InChI=1S/C18H20F6N4O4/c1-5-6-11-25-7-10(27(4)16(32)18(22,23)24)15(31)28(11)8-12(29)26-13(9(2)3)14(30)17(19,20)21/h5,7,9,13H,1,6,8H2,2-4H3,(H,26,29). The molecule has 1 aromatic heterocycles. The molecule has 1 N–H and O–H groups in total. The summed E-state index contributed by atoms with van der Waals surface area (Å²) in [7, 11) is 0.669. The molecule has 2 amide bonds. The molecule has 8 nitrogen and oxygen atoms in total. The number of Topliss-reactive ketones (excluding diaryl/α,β-unsaturated/α-hetero) is 1. The van der Waals surface area contributed by atoms with Crippen LogP contribution in [0.1, 0.15) is 19.7 Å². The second kappa shape index (κ2) is 9.96. The molecule has 0 aliphatic rings. The summed E-state index contributed by atoms with van der Waals surface area (Å²) < 4.78 is 77.0. The summed E-state index contributed by atoms with van der Waals surface area (Å²) in [4.78, 5) is 51.8. The van der Waals surface area contributed by atoms with Crippen LogP contribution in [-0.2, 0) is 27.3 Å². The van der Waals surface area contributed by atoms with Gasteiger partial charge in [0.05, 0.1) is 12.2 Å². The minimum atomic E-state index is -5.30. The third kappa shape index (κ3) is 6.40. The molecule has 0 fully saturated rings. The Hall–Kier alpha value is -3.19. The molecule has 0 spiro atoms. The van der Waals surface area contributed by atoms with Gasteiger partial charge in [0, 0.05) is 13.5 Å². The van der Waals surface area contributed by atoms with Crippen LogP contribution in [-0.4, -0.2) is 52.6 Å². The third-order valence-electron chi connectivity index (χ3n) is 4.19. The Morgan fingerprint density at radius 2 is 1.75 bits per heavy atom. The molecule has 0 aromatic carbocycles. The largest absolute Gasteiger partial charge is 0.471 e. The average molecular weight is 470 g/mol. The van der Waals surface area contributed by atoms with Crippen molar-refractivity contribution in [2.75, 3.05) is 11.9 Å². The maximum absolute atomic E-state index is 12.8. The van der Waals surface area contributed by atoms with E-state index in [1.807, 2.05) is 5.32 Å². The highest BCUT2D eigenvalue weighted by atomic mass is 19.4. The van der Waals surface area contributed by atoms with Gasteiger partial charge in [-0.1, -0.05) is 19.9 Å². The smallest absolute Gasteiger partial charge is 0.344 e. The highest BCUT2D eigenvalue weighted by molar-refractivity contribution is 5.96. The van der Waals surface area contributed by atoms with E-state index in [9.17, 15) is 45.5 Å². The van der Waals surface area contributed by atoms with Crippen molar-refractivity contribution in [3.63, 3.8) is 0 Å². The van der Waals surface area contributed by atoms with Crippen LogP contribution in [0.4, 0.5) is 32.0 Å². The number of hydrogen-bond acceptors (Lipinski definition) is 5. The van der Waals surface area contributed by atoms with Gasteiger partial charge in [0.1, 0.15) is 18.1 Å². The SMILES string of the molecule is C=CCc1ncc(N(C)C(=O)C(F)(F)F)c(=O)n1CC(=O)NC(C(=O)C(F)(F)F)C(C)C. The maximum Gasteiger partial charge on any atom is 0.471 e. The summed E-state index contributed by atoms with van der Waals surface area (Å²) in [5, 5.41) is 1.88. The molecule has 32 heavy (non-hydrogen) atoms. The van der Waals surface area contributed by atoms with E-state index < -0.39 is 59.7 Å². The predicted molar refractivity (Wildman–Crippen MR) is 99.7 cm³/mol. The molecule has 1 aromatic rings. The fourth-order valence-electron chi connectivity index (χ4n) is 2.57. The number of allylic oxidation sites excluding steroid dienone is 1. The Morgan fingerprint density at radius 1 is 1.19 bits per heavy atom. The summed E-state index contributed by atoms with van der Waals surface area (Å²) in [6.45, 7) is 4.95. The first-order valence-electron chi connectivity index (χ1n) is 8.97. The van der Waals surface area contributed by atoms with Gasteiger partial charge < -0.3 is 10.2 Å². The molecule has 0 bridgehead atoms. The van der Waals surface area contributed by atoms with Crippen LogP contribution in [0.25, 0.3) is 0 Å². The number of alkyl halides is 6. The molecule has 0 saturated heterocycles. The zero-order valence-electron chi connectivity index (χ0n) is 17.2. The van der Waals surface area contributed by atoms with Crippen LogP contribution in [0.3, 0.4) is 0 Å². The average Bonchev–Trinajstić information content (AvgIpc) is 2.65. The molecule has 0 aliphatic heterocycles. The van der Waals surface area contributed by atoms with Crippen LogP contribution in [0.15, 0.2) is 23.6 Å². The van der Waals surface area contributed by atoms with Crippen LogP contribution < -0.4 is 15.8 Å². The lowest BCUT2D eigenvalue weighted by Gasteiger charge is -2.23. The third-order valence-corrected chi connectivity index (χ3v) is 4.19. The van der Waals surface area contributed by atoms with E-state index in [4.69, 9.17) is 0 Å². The molecule has 178 valence electrons. The van der Waals surface area contributed by atoms with Crippen molar-refractivity contribution in [2.24, 2.45) is 5.92 Å². The van der Waals surface area contributed by atoms with E-state index in [0.29, 0.717) is 17.8 Å². The minimum absolute atomic E-state index is 0.00840. The van der Waals surface area contributed by atoms with Gasteiger partial charge in [-0.15, -0.1) is 6.58 Å². The molecular weight excluding hydrogens is 450 g/mol. The first-order valence-corrected chi connectivity index (χ1v) is 8.97. The number of aromatic nitrogens is 2. The molecule has 0 radical (unpaired) electrons. The first kappa shape index (κ1) is 26.8. The Bertz CT molecular complexity index is 952. The summed E-state index contributed by atoms with van der Waals surface area (Å²) in [5.74, 6) is -6.89. The van der Waals surface area contributed by atoms with E-state index >= 15 is 0 Å². The molecule has 14 heteroatoms. The van der Waals surface area contributed by atoms with Gasteiger partial charge in [0.25, 0.3) is 11.3 Å². The second-order valence-electron chi connectivity index (χ2n) is 6.96. The number of nitrogens with one attached hydrogen (secondary N) is 1. The second-order valence-corrected chi connectivity index (χ2v) is 6.96. The van der Waals surface area contributed by atoms with Crippen LogP contribution >= 0.6 is 0 Å². The lowest BCUT2D eigenvalue weighted by atomic mass is 9.99. The quantitative estimate of drug-likeness (QED) is 0.461. The molecule has 1 heterocycles. The number of amides is 2. The van der Waals surface area contributed by atoms with Crippen molar-refractivity contribution in [3.8, 4) is 0 Å². The van der Waals surface area contributed by atoms with Crippen molar-refractivity contribution < 1.29 is 40.7 Å². The maximum atomic E-state index is 12.8. The van der Waals surface area contributed by atoms with Crippen molar-refractivity contribution in [3.05, 3.63) is 35.0 Å². The van der Waals surface area contributed by atoms with E-state index in [2.05, 4.69) is 11.6 Å². The Kier molecular flexibility index (Phi) is 8.35. The summed E-state index contributed by atoms with van der Waals surface area (Å²) in [5.41, 5.74) is -2.05. The summed E-state index contributed by atoms with van der Waals surface area (Å²) in [6.07, 6.45) is -8.70. The highest BCUT2D eigenvalue weighted by Gasteiger charge is 2.45. The highest BCUT2D eigenvalue weighted by Crippen LogP contribution is 2.22. The topological polar surface area (TPSA) is 101 Å². The van der Waals surface area contributed by atoms with Gasteiger partial charge in [-0.05, 0) is 5.92 Å². The fourth-order valence-corrected chi connectivity index (χ4v) is 2.57. The zero-order chi connectivity index (χ0) is 25.0. The molecule has 0 saturated carbocycles. The molecule has 0 aliphatic carbocycles. The van der Waals surface area contributed by atoms with Crippen molar-refractivity contribution in [2.45, 2.75) is 45.2 Å². The van der Waals surface area contributed by atoms with Gasteiger partial charge in [-0.25, -0.2) is 4.98 Å². The Balaban J connectivity index is 3.34. The summed E-state index contributed by atoms with van der Waals surface area (Å²) >= 11 is 0. The number of carbonyl (C=O) groups excluding carboxylic acids is 3. The van der Waals surface area contributed by atoms with Crippen molar-refractivity contribution in [1.29, 1.82) is 0 Å². The molecule has 1 unspecified atom stereocenters. The van der Waals surface area contributed by atoms with E-state index in [1.165, 1.54) is 19.9 Å². The lowest BCUT2D eigenvalue weighted by molar-refractivity contribution is -0.174. The lowest BCUT2D eigenvalue weighted by Crippen LogP contribution is -2.51. The van der Waals surface area contributed by atoms with Gasteiger partial charge in [-0.3, -0.25) is 23.7 Å². The zero-order valence-corrected chi connectivity index (χ0v) is 17.2. The van der Waals surface area contributed by atoms with E-state index in [1.54, 1.807) is 0 Å². The number of halogens is 6. The van der Waals surface area contributed by atoms with Gasteiger partial charge in [-0.2, -0.15) is 26.3 Å². The summed E-state index contributed by atoms with van der Waals surface area (Å²) in [6, 6.07) is -1.95. The monoisotopic (exact) mass is 470 g/mol. The van der Waals surface area contributed by atoms with Gasteiger partial charge in [0.15, 0.2) is 0 Å². The number of rotatable bonds is 8. The predicted octanol–water partition coefficient (Wildman–Crippen LogP) is 1.77.